The van der Waals surface area contributed by atoms with Crippen LogP contribution in [-0.2, 0) is 34.1 Å². The van der Waals surface area contributed by atoms with Gasteiger partial charge in [-0.15, -0.1) is 0 Å². The average Bonchev–Trinajstić information content (AvgIpc) is 3.38. The zero-order valence-corrected chi connectivity index (χ0v) is 19.0. The molecule has 2 aliphatic rings. The van der Waals surface area contributed by atoms with Gasteiger partial charge in [0.15, 0.2) is 0 Å². The predicted octanol–water partition coefficient (Wildman–Crippen LogP) is 3.62. The van der Waals surface area contributed by atoms with Gasteiger partial charge in [0, 0.05) is 29.4 Å². The largest absolute Gasteiger partial charge is 0.308 e. The van der Waals surface area contributed by atoms with Gasteiger partial charge >= 0.3 is 0 Å². The molecule has 2 heterocycles. The lowest BCUT2D eigenvalue weighted by Crippen LogP contribution is -2.41. The third kappa shape index (κ3) is 3.83. The highest BCUT2D eigenvalue weighted by atomic mass is 32.2. The van der Waals surface area contributed by atoms with E-state index in [9.17, 15) is 17.6 Å². The highest BCUT2D eigenvalue weighted by molar-refractivity contribution is 7.89. The van der Waals surface area contributed by atoms with Gasteiger partial charge in [0.1, 0.15) is 10.7 Å². The zero-order chi connectivity index (χ0) is 23.3. The highest BCUT2D eigenvalue weighted by Gasteiger charge is 2.39. The molecule has 33 heavy (non-hydrogen) atoms. The summed E-state index contributed by atoms with van der Waals surface area (Å²) in [7, 11) is -4.24. The van der Waals surface area contributed by atoms with E-state index in [1.165, 1.54) is 12.1 Å². The van der Waals surface area contributed by atoms with Gasteiger partial charge in [-0.25, -0.2) is 17.9 Å². The average molecular weight is 466 g/mol. The van der Waals surface area contributed by atoms with Crippen LogP contribution in [0.3, 0.4) is 0 Å². The molecule has 170 valence electrons. The van der Waals surface area contributed by atoms with Crippen molar-refractivity contribution in [3.63, 3.8) is 0 Å². The molecule has 1 aliphatic carbocycles. The first-order chi connectivity index (χ1) is 15.8. The first-order valence-electron chi connectivity index (χ1n) is 11.0. The number of sulfonamides is 1. The summed E-state index contributed by atoms with van der Waals surface area (Å²) in [6, 6.07) is 14.2. The Morgan fingerprint density at radius 3 is 2.58 bits per heavy atom. The number of fused-ring (bicyclic) bond motifs is 2. The van der Waals surface area contributed by atoms with Crippen molar-refractivity contribution in [2.45, 2.75) is 43.5 Å². The molecule has 0 bridgehead atoms. The van der Waals surface area contributed by atoms with E-state index < -0.39 is 20.7 Å². The monoisotopic (exact) mass is 465 g/mol. The molecule has 6 nitrogen and oxygen atoms in total. The molecule has 2 N–H and O–H groups in total. The lowest BCUT2D eigenvalue weighted by molar-refractivity contribution is -0.122. The van der Waals surface area contributed by atoms with Crippen molar-refractivity contribution in [3.05, 3.63) is 77.2 Å². The zero-order valence-electron chi connectivity index (χ0n) is 18.2. The Morgan fingerprint density at radius 1 is 1.09 bits per heavy atom. The Kier molecular flexibility index (Phi) is 5.29. The van der Waals surface area contributed by atoms with Crippen LogP contribution in [0.2, 0.25) is 0 Å². The molecule has 8 heteroatoms. The number of carbonyl (C=O) groups is 1. The fourth-order valence-corrected chi connectivity index (χ4v) is 5.65. The first-order valence-corrected chi connectivity index (χ1v) is 12.5. The van der Waals surface area contributed by atoms with Crippen molar-refractivity contribution in [1.82, 2.24) is 4.98 Å². The Bertz CT molecular complexity index is 1360. The van der Waals surface area contributed by atoms with Gasteiger partial charge in [-0.05, 0) is 72.7 Å². The number of benzene rings is 2. The summed E-state index contributed by atoms with van der Waals surface area (Å²) in [5, 5.41) is 5.21. The van der Waals surface area contributed by atoms with Gasteiger partial charge in [0.25, 0.3) is 0 Å². The van der Waals surface area contributed by atoms with Crippen molar-refractivity contribution in [2.75, 3.05) is 4.90 Å². The van der Waals surface area contributed by atoms with E-state index in [1.54, 1.807) is 11.1 Å². The number of halogens is 1. The van der Waals surface area contributed by atoms with Gasteiger partial charge in [0.05, 0.1) is 5.69 Å². The Morgan fingerprint density at radius 2 is 1.88 bits per heavy atom. The minimum Gasteiger partial charge on any atom is -0.308 e. The topological polar surface area (TPSA) is 93.4 Å². The molecular weight excluding hydrogens is 441 g/mol. The number of anilines is 1. The molecule has 0 fully saturated rings. The van der Waals surface area contributed by atoms with Crippen molar-refractivity contribution >= 4 is 21.6 Å². The van der Waals surface area contributed by atoms with Gasteiger partial charge < -0.3 is 4.90 Å². The van der Waals surface area contributed by atoms with E-state index in [-0.39, 0.29) is 17.9 Å². The van der Waals surface area contributed by atoms with Crippen LogP contribution in [0.4, 0.5) is 10.1 Å². The molecule has 5 rings (SSSR count). The van der Waals surface area contributed by atoms with E-state index in [4.69, 9.17) is 5.14 Å². The number of rotatable bonds is 4. The van der Waals surface area contributed by atoms with Crippen LogP contribution in [0.25, 0.3) is 11.3 Å². The molecule has 0 unspecified atom stereocenters. The van der Waals surface area contributed by atoms with Gasteiger partial charge in [-0.1, -0.05) is 25.1 Å². The summed E-state index contributed by atoms with van der Waals surface area (Å²) in [6.07, 6.45) is 4.13. The first kappa shape index (κ1) is 21.7. The molecule has 2 atom stereocenters. The number of primary sulfonamides is 1. The van der Waals surface area contributed by atoms with E-state index >= 15 is 0 Å². The summed E-state index contributed by atoms with van der Waals surface area (Å²) in [5.41, 5.74) is 5.22. The van der Waals surface area contributed by atoms with Crippen LogP contribution in [0, 0.1) is 11.7 Å². The lowest BCUT2D eigenvalue weighted by atomic mass is 10.0. The maximum Gasteiger partial charge on any atom is 0.241 e. The standard InChI is InChI=1S/C25H24FN3O3S/c1-2-20-12-18-13-21(26)24(33(27,31)32)14-23(18)29(20)25(30)19-9-15-6-7-16(10-17(15)11-19)22-5-3-4-8-28-22/h3-8,10,13-14,19-20H,2,9,11-12H2,1H3,(H2,27,31,32)/t19-,20-/m1/s1. The summed E-state index contributed by atoms with van der Waals surface area (Å²) < 4.78 is 38.1. The molecule has 1 aromatic heterocycles. The molecule has 3 aromatic rings. The number of nitrogens with two attached hydrogens (primary N) is 1. The molecule has 0 saturated heterocycles. The van der Waals surface area contributed by atoms with Crippen molar-refractivity contribution in [2.24, 2.45) is 11.1 Å². The summed E-state index contributed by atoms with van der Waals surface area (Å²) in [5.74, 6) is -1.21. The summed E-state index contributed by atoms with van der Waals surface area (Å²) in [4.78, 5) is 19.2. The number of hydrogen-bond donors (Lipinski definition) is 1. The quantitative estimate of drug-likeness (QED) is 0.637. The Balaban J connectivity index is 1.46. The van der Waals surface area contributed by atoms with E-state index in [0.29, 0.717) is 36.9 Å². The Hall–Kier alpha value is -3.10. The SMILES string of the molecule is CC[C@@H]1Cc2cc(F)c(S(N)(=O)=O)cc2N1C(=O)[C@@H]1Cc2ccc(-c3ccccn3)cc2C1. The van der Waals surface area contributed by atoms with E-state index in [0.717, 1.165) is 22.4 Å². The van der Waals surface area contributed by atoms with E-state index in [2.05, 4.69) is 17.1 Å². The molecule has 2 aromatic carbocycles. The van der Waals surface area contributed by atoms with Crippen molar-refractivity contribution in [3.8, 4) is 11.3 Å². The second kappa shape index (κ2) is 8.04. The number of amides is 1. The molecule has 1 amide bonds. The molecule has 0 spiro atoms. The predicted molar refractivity (Wildman–Crippen MR) is 124 cm³/mol. The molecule has 1 aliphatic heterocycles. The smallest absolute Gasteiger partial charge is 0.241 e. The maximum absolute atomic E-state index is 14.4. The minimum absolute atomic E-state index is 0.0665. The van der Waals surface area contributed by atoms with Gasteiger partial charge in [-0.2, -0.15) is 0 Å². The van der Waals surface area contributed by atoms with Gasteiger partial charge in [0.2, 0.25) is 15.9 Å². The van der Waals surface area contributed by atoms with Crippen molar-refractivity contribution in [1.29, 1.82) is 0 Å². The van der Waals surface area contributed by atoms with Crippen LogP contribution >= 0.6 is 0 Å². The fraction of sp³-hybridized carbons (Fsp3) is 0.280. The number of nitrogens with zero attached hydrogens (tertiary/aromatic N) is 2. The number of aromatic nitrogens is 1. The lowest BCUT2D eigenvalue weighted by Gasteiger charge is -2.27. The molecule has 0 radical (unpaired) electrons. The molecule has 0 saturated carbocycles. The summed E-state index contributed by atoms with van der Waals surface area (Å²) >= 11 is 0. The van der Waals surface area contributed by atoms with Crippen molar-refractivity contribution < 1.29 is 17.6 Å². The summed E-state index contributed by atoms with van der Waals surface area (Å²) in [6.45, 7) is 1.97. The normalized spacial score (nSPS) is 19.4. The third-order valence-electron chi connectivity index (χ3n) is 6.68. The number of carbonyl (C=O) groups excluding carboxylic acids is 1. The van der Waals surface area contributed by atoms with Crippen LogP contribution in [-0.4, -0.2) is 25.4 Å². The fourth-order valence-electron chi connectivity index (χ4n) is 5.04. The number of hydrogen-bond acceptors (Lipinski definition) is 4. The highest BCUT2D eigenvalue weighted by Crippen LogP contribution is 2.39. The number of pyridine rings is 1. The Labute approximate surface area is 192 Å². The molecular formula is C25H24FN3O3S. The van der Waals surface area contributed by atoms with E-state index in [1.807, 2.05) is 31.2 Å². The third-order valence-corrected chi connectivity index (χ3v) is 7.60. The van der Waals surface area contributed by atoms with Crippen LogP contribution < -0.4 is 10.0 Å². The van der Waals surface area contributed by atoms with Gasteiger partial charge in [-0.3, -0.25) is 9.78 Å². The van der Waals surface area contributed by atoms with Crippen LogP contribution in [0.15, 0.2) is 59.6 Å². The van der Waals surface area contributed by atoms with Crippen LogP contribution in [0.1, 0.15) is 30.0 Å². The van der Waals surface area contributed by atoms with Crippen LogP contribution in [0.5, 0.6) is 0 Å². The minimum atomic E-state index is -4.24. The second-order valence-corrected chi connectivity index (χ2v) is 10.3. The maximum atomic E-state index is 14.4. The second-order valence-electron chi connectivity index (χ2n) is 8.73.